The summed E-state index contributed by atoms with van der Waals surface area (Å²) in [7, 11) is 0. The number of aryl methyl sites for hydroxylation is 2. The van der Waals surface area contributed by atoms with Gasteiger partial charge in [0.25, 0.3) is 0 Å². The Morgan fingerprint density at radius 1 is 0.975 bits per heavy atom. The number of rotatable bonds is 3. The van der Waals surface area contributed by atoms with E-state index in [2.05, 4.69) is 99.8 Å². The van der Waals surface area contributed by atoms with Crippen LogP contribution in [0.5, 0.6) is 0 Å². The number of nitrogens with zero attached hydrogens (tertiary/aromatic N) is 2. The minimum absolute atomic E-state index is 0.112. The van der Waals surface area contributed by atoms with Crippen molar-refractivity contribution in [2.45, 2.75) is 45.1 Å². The molecule has 40 heavy (non-hydrogen) atoms. The van der Waals surface area contributed by atoms with Crippen molar-refractivity contribution in [3.8, 4) is 11.1 Å². The quantitative estimate of drug-likeness (QED) is 0.233. The van der Waals surface area contributed by atoms with Gasteiger partial charge in [0.05, 0.1) is 23.2 Å². The van der Waals surface area contributed by atoms with E-state index in [1.807, 2.05) is 12.1 Å². The second-order valence-corrected chi connectivity index (χ2v) is 10.9. The van der Waals surface area contributed by atoms with Crippen molar-refractivity contribution < 1.29 is 4.42 Å². The van der Waals surface area contributed by atoms with E-state index in [1.165, 1.54) is 33.2 Å². The molecular formula is C37H32N2O. The van der Waals surface area contributed by atoms with Gasteiger partial charge in [-0.05, 0) is 72.2 Å². The van der Waals surface area contributed by atoms with Crippen LogP contribution in [0.2, 0.25) is 0 Å². The summed E-state index contributed by atoms with van der Waals surface area (Å²) in [5.74, 6) is 0.209. The Balaban J connectivity index is 1.43. The predicted octanol–water partition coefficient (Wildman–Crippen LogP) is 9.36. The molecule has 1 aromatic heterocycles. The standard InChI is InChI=1S/C37H32N2O/c1-5-31-28-15-11-10-14-27(28)29-18-17-26-20-22(3)34-30-19-16-25(24-12-8-7-9-13-24)21-33(30)40-37(34)35(26)32(6-2)38-23(4)36(29)39-31/h5,7-16,19-21,29,36H,1,4,6,17-18H2,2-3H3. The van der Waals surface area contributed by atoms with Gasteiger partial charge in [-0.15, -0.1) is 0 Å². The summed E-state index contributed by atoms with van der Waals surface area (Å²) in [6, 6.07) is 27.9. The van der Waals surface area contributed by atoms with Crippen LogP contribution in [0.4, 0.5) is 0 Å². The molecule has 2 atom stereocenters. The molecule has 3 nitrogen and oxygen atoms in total. The zero-order chi connectivity index (χ0) is 27.4. The van der Waals surface area contributed by atoms with Crippen molar-refractivity contribution in [1.82, 2.24) is 0 Å². The van der Waals surface area contributed by atoms with Crippen molar-refractivity contribution >= 4 is 33.4 Å². The van der Waals surface area contributed by atoms with Gasteiger partial charge in [-0.3, -0.25) is 9.98 Å². The first kappa shape index (κ1) is 24.5. The van der Waals surface area contributed by atoms with Gasteiger partial charge in [0.15, 0.2) is 0 Å². The molecule has 196 valence electrons. The van der Waals surface area contributed by atoms with Crippen LogP contribution in [0, 0.1) is 6.92 Å². The molecule has 0 saturated carbocycles. The molecule has 0 saturated heterocycles. The molecule has 2 aliphatic heterocycles. The van der Waals surface area contributed by atoms with Gasteiger partial charge in [-0.1, -0.05) is 86.8 Å². The Morgan fingerprint density at radius 3 is 2.58 bits per heavy atom. The van der Waals surface area contributed by atoms with Gasteiger partial charge >= 0.3 is 0 Å². The SMILES string of the molecule is C=CC1=NC2C(=C)N=C(CC)c3c(cc(C)c4c3oc3cc(-c5ccccc5)ccc34)CCC2c2ccccc21. The lowest BCUT2D eigenvalue weighted by atomic mass is 9.79. The summed E-state index contributed by atoms with van der Waals surface area (Å²) in [5.41, 5.74) is 13.1. The number of hydrogen-bond donors (Lipinski definition) is 0. The molecule has 2 aliphatic rings. The molecule has 0 N–H and O–H groups in total. The second-order valence-electron chi connectivity index (χ2n) is 10.9. The minimum atomic E-state index is -0.112. The molecule has 7 rings (SSSR count). The monoisotopic (exact) mass is 520 g/mol. The van der Waals surface area contributed by atoms with E-state index in [0.717, 1.165) is 64.1 Å². The number of fused-ring (bicyclic) bond motifs is 8. The molecule has 0 radical (unpaired) electrons. The molecule has 0 bridgehead atoms. The molecule has 4 aromatic carbocycles. The fourth-order valence-electron chi connectivity index (χ4n) is 6.72. The number of allylic oxidation sites excluding steroid dienone is 1. The highest BCUT2D eigenvalue weighted by Gasteiger charge is 2.34. The zero-order valence-corrected chi connectivity index (χ0v) is 23.1. The van der Waals surface area contributed by atoms with Crippen LogP contribution >= 0.6 is 0 Å². The van der Waals surface area contributed by atoms with Gasteiger partial charge in [-0.25, -0.2) is 0 Å². The summed E-state index contributed by atoms with van der Waals surface area (Å²) < 4.78 is 6.76. The summed E-state index contributed by atoms with van der Waals surface area (Å²) in [6.45, 7) is 12.9. The lowest BCUT2D eigenvalue weighted by molar-refractivity contribution is 0.540. The summed E-state index contributed by atoms with van der Waals surface area (Å²) in [5, 5.41) is 2.32. The van der Waals surface area contributed by atoms with Crippen LogP contribution < -0.4 is 0 Å². The maximum absolute atomic E-state index is 6.76. The average molecular weight is 521 g/mol. The Bertz CT molecular complexity index is 1890. The van der Waals surface area contributed by atoms with Crippen LogP contribution in [0.25, 0.3) is 33.1 Å². The summed E-state index contributed by atoms with van der Waals surface area (Å²) in [6.07, 6.45) is 4.51. The highest BCUT2D eigenvalue weighted by atomic mass is 16.3. The van der Waals surface area contributed by atoms with Gasteiger partial charge in [-0.2, -0.15) is 0 Å². The van der Waals surface area contributed by atoms with Crippen LogP contribution in [0.1, 0.15) is 53.5 Å². The van der Waals surface area contributed by atoms with E-state index in [1.54, 1.807) is 0 Å². The minimum Gasteiger partial charge on any atom is -0.455 e. The molecule has 2 unspecified atom stereocenters. The lowest BCUT2D eigenvalue weighted by Gasteiger charge is -2.31. The molecular weight excluding hydrogens is 488 g/mol. The second kappa shape index (κ2) is 9.60. The average Bonchev–Trinajstić information content (AvgIpc) is 3.39. The summed E-state index contributed by atoms with van der Waals surface area (Å²) >= 11 is 0. The molecule has 3 heterocycles. The Kier molecular flexibility index (Phi) is 5.89. The fourth-order valence-corrected chi connectivity index (χ4v) is 6.72. The van der Waals surface area contributed by atoms with Gasteiger partial charge in [0, 0.05) is 27.8 Å². The van der Waals surface area contributed by atoms with Gasteiger partial charge in [0.2, 0.25) is 0 Å². The predicted molar refractivity (Wildman–Crippen MR) is 168 cm³/mol. The summed E-state index contributed by atoms with van der Waals surface area (Å²) in [4.78, 5) is 10.4. The van der Waals surface area contributed by atoms with E-state index in [-0.39, 0.29) is 12.0 Å². The molecule has 0 amide bonds. The molecule has 0 spiro atoms. The van der Waals surface area contributed by atoms with Crippen LogP contribution in [0.15, 0.2) is 118 Å². The van der Waals surface area contributed by atoms with E-state index in [9.17, 15) is 0 Å². The van der Waals surface area contributed by atoms with Gasteiger partial charge in [0.1, 0.15) is 11.2 Å². The third kappa shape index (κ3) is 3.80. The van der Waals surface area contributed by atoms with E-state index in [0.29, 0.717) is 0 Å². The topological polar surface area (TPSA) is 37.9 Å². The van der Waals surface area contributed by atoms with Crippen molar-refractivity contribution in [1.29, 1.82) is 0 Å². The largest absolute Gasteiger partial charge is 0.455 e. The highest BCUT2D eigenvalue weighted by molar-refractivity contribution is 6.18. The van der Waals surface area contributed by atoms with Crippen molar-refractivity contribution in [2.24, 2.45) is 9.98 Å². The third-order valence-electron chi connectivity index (χ3n) is 8.59. The fraction of sp³-hybridized carbons (Fsp3) is 0.189. The Labute approximate surface area is 235 Å². The first-order valence-corrected chi connectivity index (χ1v) is 14.2. The first-order chi connectivity index (χ1) is 19.6. The van der Waals surface area contributed by atoms with Crippen LogP contribution in [0.3, 0.4) is 0 Å². The molecule has 5 aromatic rings. The molecule has 0 fully saturated rings. The maximum atomic E-state index is 6.76. The third-order valence-corrected chi connectivity index (χ3v) is 8.59. The normalized spacial score (nSPS) is 18.6. The van der Waals surface area contributed by atoms with Crippen LogP contribution in [-0.4, -0.2) is 17.5 Å². The Morgan fingerprint density at radius 2 is 1.77 bits per heavy atom. The van der Waals surface area contributed by atoms with E-state index >= 15 is 0 Å². The Hall–Kier alpha value is -4.50. The van der Waals surface area contributed by atoms with Crippen LogP contribution in [-0.2, 0) is 6.42 Å². The van der Waals surface area contributed by atoms with Crippen molar-refractivity contribution in [3.63, 3.8) is 0 Å². The van der Waals surface area contributed by atoms with Crippen molar-refractivity contribution in [3.05, 3.63) is 132 Å². The highest BCUT2D eigenvalue weighted by Crippen LogP contribution is 2.42. The maximum Gasteiger partial charge on any atom is 0.145 e. The van der Waals surface area contributed by atoms with Gasteiger partial charge < -0.3 is 4.42 Å². The lowest BCUT2D eigenvalue weighted by Crippen LogP contribution is -2.27. The molecule has 3 heteroatoms. The number of hydrogen-bond acceptors (Lipinski definition) is 3. The van der Waals surface area contributed by atoms with E-state index in [4.69, 9.17) is 14.4 Å². The molecule has 0 aliphatic carbocycles. The zero-order valence-electron chi connectivity index (χ0n) is 23.1. The number of furan rings is 1. The number of benzene rings is 4. The van der Waals surface area contributed by atoms with E-state index < -0.39 is 0 Å². The van der Waals surface area contributed by atoms with Crippen molar-refractivity contribution in [2.75, 3.05) is 0 Å². The first-order valence-electron chi connectivity index (χ1n) is 14.2. The number of aliphatic imine (C=N–C) groups is 2. The smallest absolute Gasteiger partial charge is 0.145 e.